The second-order valence-corrected chi connectivity index (χ2v) is 12.4. The highest BCUT2D eigenvalue weighted by molar-refractivity contribution is 7.25. The fourth-order valence-corrected chi connectivity index (χ4v) is 7.87. The second-order valence-electron chi connectivity index (χ2n) is 11.4. The molecule has 8 rings (SSSR count). The monoisotopic (exact) mass is 582 g/mol. The van der Waals surface area contributed by atoms with E-state index in [4.69, 9.17) is 0 Å². The number of fused-ring (bicyclic) bond motifs is 9. The highest BCUT2D eigenvalue weighted by Crippen LogP contribution is 2.42. The van der Waals surface area contributed by atoms with Crippen LogP contribution >= 0.6 is 11.3 Å². The lowest BCUT2D eigenvalue weighted by Gasteiger charge is -2.17. The van der Waals surface area contributed by atoms with Crippen molar-refractivity contribution in [1.29, 1.82) is 0 Å². The van der Waals surface area contributed by atoms with Crippen molar-refractivity contribution < 1.29 is 13.2 Å². The molecule has 7 aromatic carbocycles. The molecule has 208 valence electrons. The van der Waals surface area contributed by atoms with Gasteiger partial charge in [0.25, 0.3) is 0 Å². The Morgan fingerprint density at radius 3 is 1.53 bits per heavy atom. The van der Waals surface area contributed by atoms with Crippen molar-refractivity contribution in [3.05, 3.63) is 132 Å². The molecule has 1 heterocycles. The fraction of sp³-hybridized carbons (Fsp3) is 0.0769. The summed E-state index contributed by atoms with van der Waals surface area (Å²) in [7, 11) is 0. The van der Waals surface area contributed by atoms with E-state index in [-0.39, 0.29) is 0 Å². The third-order valence-corrected chi connectivity index (χ3v) is 9.85. The van der Waals surface area contributed by atoms with Crippen molar-refractivity contribution in [3.63, 3.8) is 0 Å². The molecule has 0 atom stereocenters. The van der Waals surface area contributed by atoms with Crippen LogP contribution in [-0.2, 0) is 6.18 Å². The van der Waals surface area contributed by atoms with E-state index in [0.717, 1.165) is 38.1 Å². The van der Waals surface area contributed by atoms with Gasteiger partial charge in [-0.2, -0.15) is 13.2 Å². The van der Waals surface area contributed by atoms with Gasteiger partial charge >= 0.3 is 6.18 Å². The normalized spacial score (nSPS) is 12.3. The van der Waals surface area contributed by atoms with Crippen molar-refractivity contribution in [3.8, 4) is 22.3 Å². The summed E-state index contributed by atoms with van der Waals surface area (Å²) >= 11 is 1.82. The van der Waals surface area contributed by atoms with Gasteiger partial charge in [0, 0.05) is 20.2 Å². The number of thiophene rings is 1. The van der Waals surface area contributed by atoms with Gasteiger partial charge in [0.05, 0.1) is 5.56 Å². The Balaban J connectivity index is 1.33. The summed E-state index contributed by atoms with van der Waals surface area (Å²) in [6.45, 7) is 3.52. The maximum absolute atomic E-state index is 13.5. The summed E-state index contributed by atoms with van der Waals surface area (Å²) < 4.78 is 43.0. The molecule has 8 aromatic rings. The van der Waals surface area contributed by atoms with Crippen LogP contribution in [0.3, 0.4) is 0 Å². The van der Waals surface area contributed by atoms with Crippen molar-refractivity contribution in [2.75, 3.05) is 0 Å². The lowest BCUT2D eigenvalue weighted by molar-refractivity contribution is -0.137. The first kappa shape index (κ1) is 26.0. The number of alkyl halides is 3. The van der Waals surface area contributed by atoms with Crippen LogP contribution in [-0.4, -0.2) is 0 Å². The first-order valence-corrected chi connectivity index (χ1v) is 15.1. The SMILES string of the molecule is Cc1cc(C(F)(F)F)cc(C)c1-c1ccc2c3ccc(-c4ccc5sc6ccccc6c5c4)cc3c3ccccc3c2c1. The molecule has 0 fully saturated rings. The number of hydrogen-bond donors (Lipinski definition) is 0. The number of halogens is 3. The quantitative estimate of drug-likeness (QED) is 0.178. The Morgan fingerprint density at radius 1 is 0.442 bits per heavy atom. The van der Waals surface area contributed by atoms with E-state index < -0.39 is 11.7 Å². The molecule has 43 heavy (non-hydrogen) atoms. The van der Waals surface area contributed by atoms with Crippen LogP contribution in [0.15, 0.2) is 115 Å². The average Bonchev–Trinajstić information content (AvgIpc) is 3.38. The van der Waals surface area contributed by atoms with Crippen LogP contribution in [0.1, 0.15) is 16.7 Å². The van der Waals surface area contributed by atoms with Crippen LogP contribution in [0.2, 0.25) is 0 Å². The summed E-state index contributed by atoms with van der Waals surface area (Å²) in [6, 6.07) is 39.3. The molecule has 0 aliphatic heterocycles. The predicted molar refractivity (Wildman–Crippen MR) is 177 cm³/mol. The fourth-order valence-electron chi connectivity index (χ4n) is 6.78. The Hall–Kier alpha value is -4.67. The summed E-state index contributed by atoms with van der Waals surface area (Å²) in [4.78, 5) is 0. The average molecular weight is 583 g/mol. The molecular weight excluding hydrogens is 557 g/mol. The lowest BCUT2D eigenvalue weighted by atomic mass is 9.88. The standard InChI is InChI=1S/C39H25F3S/c1-22-17-27(39(40,41)42)18-23(2)38(22)26-12-15-31-30-14-11-24(19-33(30)28-7-3-4-8-29(28)34(31)21-26)25-13-16-37-35(20-25)32-9-5-6-10-36(32)43-37/h3-21H,1-2H3. The maximum Gasteiger partial charge on any atom is 0.416 e. The van der Waals surface area contributed by atoms with Crippen LogP contribution in [0.4, 0.5) is 13.2 Å². The van der Waals surface area contributed by atoms with E-state index in [9.17, 15) is 13.2 Å². The topological polar surface area (TPSA) is 0 Å². The molecule has 1 aromatic heterocycles. The molecule has 0 nitrogen and oxygen atoms in total. The Kier molecular flexibility index (Phi) is 5.69. The van der Waals surface area contributed by atoms with Gasteiger partial charge in [-0.05, 0) is 122 Å². The van der Waals surface area contributed by atoms with Gasteiger partial charge in [-0.1, -0.05) is 72.8 Å². The minimum atomic E-state index is -4.37. The molecule has 0 amide bonds. The van der Waals surface area contributed by atoms with Crippen molar-refractivity contribution >= 4 is 63.8 Å². The van der Waals surface area contributed by atoms with Crippen molar-refractivity contribution in [1.82, 2.24) is 0 Å². The third-order valence-electron chi connectivity index (χ3n) is 8.70. The summed E-state index contributed by atoms with van der Waals surface area (Å²) in [5, 5.41) is 9.43. The second kappa shape index (κ2) is 9.42. The number of hydrogen-bond acceptors (Lipinski definition) is 1. The van der Waals surface area contributed by atoms with E-state index >= 15 is 0 Å². The van der Waals surface area contributed by atoms with Crippen molar-refractivity contribution in [2.45, 2.75) is 20.0 Å². The lowest BCUT2D eigenvalue weighted by Crippen LogP contribution is -2.06. The molecule has 0 N–H and O–H groups in total. The zero-order chi connectivity index (χ0) is 29.5. The molecule has 0 bridgehead atoms. The molecule has 0 aliphatic rings. The van der Waals surface area contributed by atoms with Gasteiger partial charge in [-0.25, -0.2) is 0 Å². The minimum Gasteiger partial charge on any atom is -0.166 e. The van der Waals surface area contributed by atoms with E-state index in [0.29, 0.717) is 11.1 Å². The zero-order valence-corrected chi connectivity index (χ0v) is 24.3. The molecule has 0 aliphatic carbocycles. The van der Waals surface area contributed by atoms with Crippen LogP contribution in [0.5, 0.6) is 0 Å². The Labute approximate surface area is 250 Å². The van der Waals surface area contributed by atoms with E-state index in [2.05, 4.69) is 91.0 Å². The predicted octanol–water partition coefficient (Wildman–Crippen LogP) is 12.5. The molecule has 0 saturated heterocycles. The summed E-state index contributed by atoms with van der Waals surface area (Å²) in [6.07, 6.45) is -4.37. The van der Waals surface area contributed by atoms with Gasteiger partial charge < -0.3 is 0 Å². The smallest absolute Gasteiger partial charge is 0.166 e. The molecular formula is C39H25F3S. The van der Waals surface area contributed by atoms with E-state index in [1.54, 1.807) is 13.8 Å². The summed E-state index contributed by atoms with van der Waals surface area (Å²) in [5.41, 5.74) is 4.77. The van der Waals surface area contributed by atoms with Crippen LogP contribution < -0.4 is 0 Å². The van der Waals surface area contributed by atoms with Crippen molar-refractivity contribution in [2.24, 2.45) is 0 Å². The number of rotatable bonds is 2. The molecule has 0 unspecified atom stereocenters. The molecule has 4 heteroatoms. The van der Waals surface area contributed by atoms with E-state index in [1.165, 1.54) is 48.8 Å². The Bertz CT molecular complexity index is 2370. The van der Waals surface area contributed by atoms with Crippen LogP contribution in [0, 0.1) is 13.8 Å². The first-order chi connectivity index (χ1) is 20.8. The highest BCUT2D eigenvalue weighted by atomic mass is 32.1. The number of aryl methyl sites for hydroxylation is 2. The van der Waals surface area contributed by atoms with E-state index in [1.807, 2.05) is 23.5 Å². The maximum atomic E-state index is 13.5. The minimum absolute atomic E-state index is 0.606. The zero-order valence-electron chi connectivity index (χ0n) is 23.5. The molecule has 0 saturated carbocycles. The van der Waals surface area contributed by atoms with Gasteiger partial charge in [0.15, 0.2) is 0 Å². The summed E-state index contributed by atoms with van der Waals surface area (Å²) in [5.74, 6) is 0. The van der Waals surface area contributed by atoms with Crippen LogP contribution in [0.25, 0.3) is 74.7 Å². The van der Waals surface area contributed by atoms with Gasteiger partial charge in [0.2, 0.25) is 0 Å². The largest absolute Gasteiger partial charge is 0.416 e. The molecule has 0 radical (unpaired) electrons. The van der Waals surface area contributed by atoms with Gasteiger partial charge in [-0.3, -0.25) is 0 Å². The van der Waals surface area contributed by atoms with Gasteiger partial charge in [0.1, 0.15) is 0 Å². The third kappa shape index (κ3) is 4.12. The first-order valence-electron chi connectivity index (χ1n) is 14.2. The highest BCUT2D eigenvalue weighted by Gasteiger charge is 2.31. The van der Waals surface area contributed by atoms with Gasteiger partial charge in [-0.15, -0.1) is 11.3 Å². The molecule has 0 spiro atoms. The number of benzene rings is 7. The Morgan fingerprint density at radius 2 is 0.907 bits per heavy atom.